The van der Waals surface area contributed by atoms with E-state index in [-0.39, 0.29) is 0 Å². The SMILES string of the molecule is CCCCC(C)CCC(CC)C1C(C)C(C)C1CC. The predicted octanol–water partition coefficient (Wildman–Crippen LogP) is 6.55. The molecule has 1 rings (SSSR count). The van der Waals surface area contributed by atoms with Crippen LogP contribution in [0.15, 0.2) is 0 Å². The van der Waals surface area contributed by atoms with Gasteiger partial charge in [0, 0.05) is 0 Å². The summed E-state index contributed by atoms with van der Waals surface area (Å²) in [6.45, 7) is 14.6. The second-order valence-electron chi connectivity index (χ2n) is 7.36. The maximum Gasteiger partial charge on any atom is -0.0327 e. The number of hydrogen-bond acceptors (Lipinski definition) is 0. The summed E-state index contributed by atoms with van der Waals surface area (Å²) >= 11 is 0. The van der Waals surface area contributed by atoms with Crippen molar-refractivity contribution in [2.45, 2.75) is 86.5 Å². The molecule has 0 amide bonds. The van der Waals surface area contributed by atoms with Crippen molar-refractivity contribution < 1.29 is 0 Å². The Hall–Kier alpha value is 0. The maximum atomic E-state index is 2.50. The maximum absolute atomic E-state index is 2.50. The van der Waals surface area contributed by atoms with Crippen molar-refractivity contribution in [3.63, 3.8) is 0 Å². The topological polar surface area (TPSA) is 0 Å². The largest absolute Gasteiger partial charge is 0.0654 e. The molecule has 0 heterocycles. The molecule has 1 aliphatic carbocycles. The average molecular weight is 267 g/mol. The highest BCUT2D eigenvalue weighted by Crippen LogP contribution is 2.52. The first-order valence-electron chi connectivity index (χ1n) is 9.06. The van der Waals surface area contributed by atoms with Crippen molar-refractivity contribution in [1.29, 1.82) is 0 Å². The van der Waals surface area contributed by atoms with Crippen molar-refractivity contribution in [3.8, 4) is 0 Å². The Balaban J connectivity index is 2.41. The van der Waals surface area contributed by atoms with Gasteiger partial charge in [0.15, 0.2) is 0 Å². The van der Waals surface area contributed by atoms with Crippen molar-refractivity contribution in [2.24, 2.45) is 35.5 Å². The van der Waals surface area contributed by atoms with Gasteiger partial charge in [0.25, 0.3) is 0 Å². The molecule has 0 radical (unpaired) electrons. The normalized spacial score (nSPS) is 33.8. The highest BCUT2D eigenvalue weighted by molar-refractivity contribution is 4.94. The van der Waals surface area contributed by atoms with E-state index in [1.165, 1.54) is 44.9 Å². The predicted molar refractivity (Wildman–Crippen MR) is 87.3 cm³/mol. The third-order valence-corrected chi connectivity index (χ3v) is 6.23. The molecule has 0 aliphatic heterocycles. The van der Waals surface area contributed by atoms with Crippen LogP contribution in [0, 0.1) is 35.5 Å². The molecule has 0 bridgehead atoms. The van der Waals surface area contributed by atoms with Gasteiger partial charge in [-0.2, -0.15) is 0 Å². The molecule has 0 heteroatoms. The number of unbranched alkanes of at least 4 members (excludes halogenated alkanes) is 1. The average Bonchev–Trinajstić information content (AvgIpc) is 2.43. The fourth-order valence-electron chi connectivity index (χ4n) is 4.62. The van der Waals surface area contributed by atoms with E-state index in [0.717, 1.165) is 35.5 Å². The molecule has 1 saturated carbocycles. The van der Waals surface area contributed by atoms with E-state index in [4.69, 9.17) is 0 Å². The summed E-state index contributed by atoms with van der Waals surface area (Å²) in [4.78, 5) is 0. The van der Waals surface area contributed by atoms with Crippen LogP contribution in [0.1, 0.15) is 86.5 Å². The standard InChI is InChI=1S/C19H38/c1-7-10-11-14(4)12-13-17(8-2)19-16(6)15(5)18(19)9-3/h14-19H,7-13H2,1-6H3. The molecule has 0 aromatic carbocycles. The lowest BCUT2D eigenvalue weighted by molar-refractivity contribution is -0.0466. The molecule has 114 valence electrons. The molecule has 0 aromatic heterocycles. The Bertz CT molecular complexity index is 232. The Morgan fingerprint density at radius 2 is 1.58 bits per heavy atom. The first-order chi connectivity index (χ1) is 9.06. The second kappa shape index (κ2) is 8.32. The van der Waals surface area contributed by atoms with Crippen LogP contribution in [0.25, 0.3) is 0 Å². The molecule has 0 aromatic rings. The highest BCUT2D eigenvalue weighted by atomic mass is 14.5. The zero-order chi connectivity index (χ0) is 14.4. The van der Waals surface area contributed by atoms with Crippen LogP contribution in [-0.4, -0.2) is 0 Å². The fraction of sp³-hybridized carbons (Fsp3) is 1.00. The summed E-state index contributed by atoms with van der Waals surface area (Å²) in [7, 11) is 0. The van der Waals surface area contributed by atoms with E-state index in [1.807, 2.05) is 0 Å². The first-order valence-corrected chi connectivity index (χ1v) is 9.06. The second-order valence-corrected chi connectivity index (χ2v) is 7.36. The fourth-order valence-corrected chi connectivity index (χ4v) is 4.62. The van der Waals surface area contributed by atoms with E-state index < -0.39 is 0 Å². The zero-order valence-electron chi connectivity index (χ0n) is 14.4. The van der Waals surface area contributed by atoms with E-state index in [1.54, 1.807) is 0 Å². The Morgan fingerprint density at radius 1 is 0.895 bits per heavy atom. The van der Waals surface area contributed by atoms with E-state index in [9.17, 15) is 0 Å². The molecule has 0 N–H and O–H groups in total. The summed E-state index contributed by atoms with van der Waals surface area (Å²) in [6, 6.07) is 0. The van der Waals surface area contributed by atoms with E-state index in [2.05, 4.69) is 41.5 Å². The summed E-state index contributed by atoms with van der Waals surface area (Å²) < 4.78 is 0. The third-order valence-electron chi connectivity index (χ3n) is 6.23. The highest BCUT2D eigenvalue weighted by Gasteiger charge is 2.46. The molecule has 1 aliphatic rings. The van der Waals surface area contributed by atoms with E-state index in [0.29, 0.717) is 0 Å². The van der Waals surface area contributed by atoms with Gasteiger partial charge in [0.1, 0.15) is 0 Å². The molecule has 0 spiro atoms. The minimum Gasteiger partial charge on any atom is -0.0654 e. The molecule has 1 fully saturated rings. The van der Waals surface area contributed by atoms with Crippen LogP contribution in [0.3, 0.4) is 0 Å². The quantitative estimate of drug-likeness (QED) is 0.444. The summed E-state index contributed by atoms with van der Waals surface area (Å²) in [5, 5.41) is 0. The van der Waals surface area contributed by atoms with Gasteiger partial charge in [-0.15, -0.1) is 0 Å². The van der Waals surface area contributed by atoms with Gasteiger partial charge >= 0.3 is 0 Å². The Kier molecular flexibility index (Phi) is 7.47. The number of hydrogen-bond donors (Lipinski definition) is 0. The molecule has 0 nitrogen and oxygen atoms in total. The van der Waals surface area contributed by atoms with Gasteiger partial charge < -0.3 is 0 Å². The molecular formula is C19H38. The van der Waals surface area contributed by atoms with Crippen LogP contribution < -0.4 is 0 Å². The van der Waals surface area contributed by atoms with E-state index >= 15 is 0 Å². The number of rotatable bonds is 9. The molecule has 6 unspecified atom stereocenters. The van der Waals surface area contributed by atoms with Gasteiger partial charge in [-0.25, -0.2) is 0 Å². The van der Waals surface area contributed by atoms with Crippen LogP contribution in [0.5, 0.6) is 0 Å². The van der Waals surface area contributed by atoms with Crippen LogP contribution in [0.2, 0.25) is 0 Å². The van der Waals surface area contributed by atoms with Crippen LogP contribution in [0.4, 0.5) is 0 Å². The van der Waals surface area contributed by atoms with Gasteiger partial charge in [0.2, 0.25) is 0 Å². The summed E-state index contributed by atoms with van der Waals surface area (Å²) in [5.41, 5.74) is 0. The molecular weight excluding hydrogens is 228 g/mol. The molecule has 6 atom stereocenters. The molecule has 0 saturated heterocycles. The van der Waals surface area contributed by atoms with Crippen molar-refractivity contribution in [3.05, 3.63) is 0 Å². The van der Waals surface area contributed by atoms with Gasteiger partial charge in [0.05, 0.1) is 0 Å². The van der Waals surface area contributed by atoms with Gasteiger partial charge in [-0.1, -0.05) is 80.1 Å². The first kappa shape index (κ1) is 17.1. The van der Waals surface area contributed by atoms with Crippen molar-refractivity contribution >= 4 is 0 Å². The minimum atomic E-state index is 0.946. The van der Waals surface area contributed by atoms with Gasteiger partial charge in [-0.3, -0.25) is 0 Å². The summed E-state index contributed by atoms with van der Waals surface area (Å²) in [6.07, 6.45) is 9.98. The minimum absolute atomic E-state index is 0.946. The Morgan fingerprint density at radius 3 is 2.11 bits per heavy atom. The zero-order valence-corrected chi connectivity index (χ0v) is 14.4. The summed E-state index contributed by atoms with van der Waals surface area (Å²) in [5.74, 6) is 5.94. The lowest BCUT2D eigenvalue weighted by Crippen LogP contribution is -2.47. The Labute approximate surface area is 122 Å². The smallest absolute Gasteiger partial charge is 0.0327 e. The molecule has 19 heavy (non-hydrogen) atoms. The van der Waals surface area contributed by atoms with Crippen LogP contribution >= 0.6 is 0 Å². The lowest BCUT2D eigenvalue weighted by Gasteiger charge is -2.53. The van der Waals surface area contributed by atoms with Gasteiger partial charge in [-0.05, 0) is 41.9 Å². The van der Waals surface area contributed by atoms with Crippen molar-refractivity contribution in [1.82, 2.24) is 0 Å². The van der Waals surface area contributed by atoms with Crippen LogP contribution in [-0.2, 0) is 0 Å². The third kappa shape index (κ3) is 4.23. The van der Waals surface area contributed by atoms with Crippen molar-refractivity contribution in [2.75, 3.05) is 0 Å². The lowest BCUT2D eigenvalue weighted by atomic mass is 9.52. The monoisotopic (exact) mass is 266 g/mol.